The van der Waals surface area contributed by atoms with E-state index in [1.54, 1.807) is 36.9 Å². The Hall–Kier alpha value is -1.36. The molecule has 154 valence electrons. The molecule has 1 unspecified atom stereocenters. The summed E-state index contributed by atoms with van der Waals surface area (Å²) in [4.78, 5) is 12.9. The average molecular weight is 463 g/mol. The second-order valence-corrected chi connectivity index (χ2v) is 10.7. The van der Waals surface area contributed by atoms with Gasteiger partial charge in [-0.05, 0) is 37.5 Å². The van der Waals surface area contributed by atoms with E-state index in [-0.39, 0.29) is 6.42 Å². The number of anilines is 2. The molecule has 1 heterocycles. The number of aromatic nitrogens is 2. The first-order valence-electron chi connectivity index (χ1n) is 8.70. The molecule has 0 saturated carbocycles. The minimum atomic E-state index is -3.73. The second kappa shape index (κ2) is 9.91. The number of sulfonamides is 1. The Bertz CT molecular complexity index is 933. The second-order valence-electron chi connectivity index (χ2n) is 6.13. The summed E-state index contributed by atoms with van der Waals surface area (Å²) in [5, 5.41) is 11.5. The highest BCUT2D eigenvalue weighted by molar-refractivity contribution is 8.01. The summed E-state index contributed by atoms with van der Waals surface area (Å²) < 4.78 is 26.8. The van der Waals surface area contributed by atoms with E-state index in [2.05, 4.69) is 22.4 Å². The molecule has 0 fully saturated rings. The number of carbonyl (C=O) groups excluding carboxylic acids is 1. The fourth-order valence-electron chi connectivity index (χ4n) is 2.48. The molecule has 0 aliphatic carbocycles. The third kappa shape index (κ3) is 5.82. The monoisotopic (exact) mass is 462 g/mol. The van der Waals surface area contributed by atoms with Gasteiger partial charge in [0.1, 0.15) is 6.04 Å². The SMILES string of the molecule is CCCSc1nnc(NC(=O)C(CC)N(c2ccc(C)c(Cl)c2)S(C)(=O)=O)s1. The zero-order valence-corrected chi connectivity index (χ0v) is 19.3. The molecule has 0 radical (unpaired) electrons. The molecule has 1 amide bonds. The van der Waals surface area contributed by atoms with E-state index in [1.165, 1.54) is 11.3 Å². The molecule has 0 aliphatic rings. The van der Waals surface area contributed by atoms with Gasteiger partial charge in [0.05, 0.1) is 11.9 Å². The van der Waals surface area contributed by atoms with Gasteiger partial charge in [-0.25, -0.2) is 8.42 Å². The molecule has 1 atom stereocenters. The molecule has 1 N–H and O–H groups in total. The molecule has 28 heavy (non-hydrogen) atoms. The first-order valence-corrected chi connectivity index (χ1v) is 12.7. The maximum absolute atomic E-state index is 12.9. The van der Waals surface area contributed by atoms with Gasteiger partial charge in [-0.15, -0.1) is 10.2 Å². The number of nitrogens with one attached hydrogen (secondary N) is 1. The third-order valence-electron chi connectivity index (χ3n) is 3.81. The van der Waals surface area contributed by atoms with Crippen molar-refractivity contribution in [2.24, 2.45) is 0 Å². The minimum absolute atomic E-state index is 0.278. The van der Waals surface area contributed by atoms with Gasteiger partial charge in [0.15, 0.2) is 4.34 Å². The number of benzene rings is 1. The standard InChI is InChI=1S/C17H23ClN4O3S3/c1-5-9-26-17-21-20-16(27-17)19-15(23)14(6-2)22(28(4,24)25)12-8-7-11(3)13(18)10-12/h7-8,10,14H,5-6,9H2,1-4H3,(H,19,20,23). The normalized spacial score (nSPS) is 12.6. The van der Waals surface area contributed by atoms with Gasteiger partial charge in [0.25, 0.3) is 0 Å². The fourth-order valence-corrected chi connectivity index (χ4v) is 5.53. The summed E-state index contributed by atoms with van der Waals surface area (Å²) >= 11 is 9.00. The van der Waals surface area contributed by atoms with Crippen LogP contribution in [0.25, 0.3) is 0 Å². The predicted octanol–water partition coefficient (Wildman–Crippen LogP) is 4.19. The number of hydrogen-bond acceptors (Lipinski definition) is 7. The highest BCUT2D eigenvalue weighted by Crippen LogP contribution is 2.29. The largest absolute Gasteiger partial charge is 0.299 e. The Morgan fingerprint density at radius 3 is 2.64 bits per heavy atom. The van der Waals surface area contributed by atoms with E-state index in [0.29, 0.717) is 15.8 Å². The third-order valence-corrected chi connectivity index (χ3v) is 7.57. The van der Waals surface area contributed by atoms with E-state index < -0.39 is 22.0 Å². The van der Waals surface area contributed by atoms with Gasteiger partial charge in [-0.3, -0.25) is 14.4 Å². The van der Waals surface area contributed by atoms with Gasteiger partial charge in [0, 0.05) is 10.8 Å². The number of nitrogens with zero attached hydrogens (tertiary/aromatic N) is 3. The van der Waals surface area contributed by atoms with Crippen LogP contribution in [0.2, 0.25) is 5.02 Å². The van der Waals surface area contributed by atoms with E-state index in [4.69, 9.17) is 11.6 Å². The average Bonchev–Trinajstić information content (AvgIpc) is 3.06. The molecular weight excluding hydrogens is 440 g/mol. The Kier molecular flexibility index (Phi) is 8.11. The quantitative estimate of drug-likeness (QED) is 0.443. The Morgan fingerprint density at radius 2 is 2.07 bits per heavy atom. The molecule has 0 spiro atoms. The van der Waals surface area contributed by atoms with Crippen molar-refractivity contribution in [3.63, 3.8) is 0 Å². The van der Waals surface area contributed by atoms with Crippen LogP contribution in [0.15, 0.2) is 22.5 Å². The summed E-state index contributed by atoms with van der Waals surface area (Å²) in [6.07, 6.45) is 2.36. The van der Waals surface area contributed by atoms with Crippen LogP contribution in [0.5, 0.6) is 0 Å². The van der Waals surface area contributed by atoms with Crippen LogP contribution in [0.1, 0.15) is 32.3 Å². The maximum atomic E-state index is 12.9. The van der Waals surface area contributed by atoms with Crippen molar-refractivity contribution < 1.29 is 13.2 Å². The Morgan fingerprint density at radius 1 is 1.36 bits per heavy atom. The lowest BCUT2D eigenvalue weighted by molar-refractivity contribution is -0.117. The van der Waals surface area contributed by atoms with Crippen molar-refractivity contribution in [1.29, 1.82) is 0 Å². The van der Waals surface area contributed by atoms with Crippen molar-refractivity contribution >= 4 is 61.4 Å². The fraction of sp³-hybridized carbons (Fsp3) is 0.471. The van der Waals surface area contributed by atoms with Crippen molar-refractivity contribution in [1.82, 2.24) is 10.2 Å². The summed E-state index contributed by atoms with van der Waals surface area (Å²) in [7, 11) is -3.73. The van der Waals surface area contributed by atoms with Gasteiger partial charge >= 0.3 is 0 Å². The Balaban J connectivity index is 2.28. The maximum Gasteiger partial charge on any atom is 0.250 e. The Labute approximate surface area is 178 Å². The summed E-state index contributed by atoms with van der Waals surface area (Å²) in [6.45, 7) is 5.64. The van der Waals surface area contributed by atoms with E-state index in [1.807, 2.05) is 6.92 Å². The number of hydrogen-bond donors (Lipinski definition) is 1. The number of rotatable bonds is 9. The van der Waals surface area contributed by atoms with Crippen LogP contribution in [0.4, 0.5) is 10.8 Å². The lowest BCUT2D eigenvalue weighted by Gasteiger charge is -2.30. The molecule has 0 bridgehead atoms. The van der Waals surface area contributed by atoms with E-state index >= 15 is 0 Å². The van der Waals surface area contributed by atoms with Crippen LogP contribution in [0, 0.1) is 6.92 Å². The van der Waals surface area contributed by atoms with Crippen molar-refractivity contribution in [3.05, 3.63) is 28.8 Å². The van der Waals surface area contributed by atoms with E-state index in [0.717, 1.165) is 32.6 Å². The predicted molar refractivity (Wildman–Crippen MR) is 117 cm³/mol. The number of aryl methyl sites for hydroxylation is 1. The van der Waals surface area contributed by atoms with Gasteiger partial charge in [0.2, 0.25) is 21.1 Å². The molecular formula is C17H23ClN4O3S3. The van der Waals surface area contributed by atoms with Crippen LogP contribution >= 0.6 is 34.7 Å². The topological polar surface area (TPSA) is 92.3 Å². The molecule has 11 heteroatoms. The number of carbonyl (C=O) groups is 1. The number of halogens is 1. The molecule has 1 aromatic carbocycles. The van der Waals surface area contributed by atoms with E-state index in [9.17, 15) is 13.2 Å². The molecule has 1 aromatic heterocycles. The molecule has 0 saturated heterocycles. The zero-order valence-electron chi connectivity index (χ0n) is 16.1. The van der Waals surface area contributed by atoms with Crippen LogP contribution in [0.3, 0.4) is 0 Å². The highest BCUT2D eigenvalue weighted by atomic mass is 35.5. The summed E-state index contributed by atoms with van der Waals surface area (Å²) in [6, 6.07) is 3.98. The minimum Gasteiger partial charge on any atom is -0.299 e. The molecule has 2 aromatic rings. The van der Waals surface area contributed by atoms with Crippen LogP contribution in [-0.2, 0) is 14.8 Å². The van der Waals surface area contributed by atoms with Crippen LogP contribution in [-0.4, -0.2) is 42.6 Å². The lowest BCUT2D eigenvalue weighted by atomic mass is 10.1. The first kappa shape index (κ1) is 22.9. The summed E-state index contributed by atoms with van der Waals surface area (Å²) in [5.74, 6) is 0.448. The van der Waals surface area contributed by atoms with Gasteiger partial charge in [-0.1, -0.05) is 54.6 Å². The zero-order chi connectivity index (χ0) is 20.9. The smallest absolute Gasteiger partial charge is 0.250 e. The van der Waals surface area contributed by atoms with Crippen LogP contribution < -0.4 is 9.62 Å². The molecule has 7 nitrogen and oxygen atoms in total. The molecule has 2 rings (SSSR count). The van der Waals surface area contributed by atoms with Crippen molar-refractivity contribution in [2.75, 3.05) is 21.6 Å². The summed E-state index contributed by atoms with van der Waals surface area (Å²) in [5.41, 5.74) is 1.17. The number of amides is 1. The van der Waals surface area contributed by atoms with Crippen molar-refractivity contribution in [2.45, 2.75) is 44.0 Å². The number of thioether (sulfide) groups is 1. The lowest BCUT2D eigenvalue weighted by Crippen LogP contribution is -2.47. The van der Waals surface area contributed by atoms with Crippen molar-refractivity contribution in [3.8, 4) is 0 Å². The molecule has 0 aliphatic heterocycles. The van der Waals surface area contributed by atoms with Gasteiger partial charge < -0.3 is 0 Å². The van der Waals surface area contributed by atoms with Gasteiger partial charge in [-0.2, -0.15) is 0 Å². The highest BCUT2D eigenvalue weighted by Gasteiger charge is 2.32. The first-order chi connectivity index (χ1) is 13.2.